The summed E-state index contributed by atoms with van der Waals surface area (Å²) in [4.78, 5) is 9.70. The fraction of sp³-hybridized carbons (Fsp3) is 0.385. The Hall–Kier alpha value is -0.780. The van der Waals surface area contributed by atoms with Crippen molar-refractivity contribution in [2.24, 2.45) is 0 Å². The van der Waals surface area contributed by atoms with Gasteiger partial charge in [0.15, 0.2) is 0 Å². The zero-order valence-corrected chi connectivity index (χ0v) is 12.3. The van der Waals surface area contributed by atoms with Crippen molar-refractivity contribution in [1.82, 2.24) is 15.3 Å². The van der Waals surface area contributed by atoms with E-state index >= 15 is 0 Å². The Bertz CT molecular complexity index is 526. The molecule has 0 fully saturated rings. The van der Waals surface area contributed by atoms with E-state index in [1.165, 1.54) is 33.5 Å². The molecule has 1 aliphatic rings. The van der Waals surface area contributed by atoms with Crippen molar-refractivity contribution in [2.75, 3.05) is 0 Å². The fourth-order valence-corrected chi connectivity index (χ4v) is 4.20. The second-order valence-electron chi connectivity index (χ2n) is 4.46. The first-order chi connectivity index (χ1) is 8.83. The van der Waals surface area contributed by atoms with E-state index in [0.29, 0.717) is 6.04 Å². The molecular formula is C13H14BrN3S. The highest BCUT2D eigenvalue weighted by Crippen LogP contribution is 2.37. The summed E-state index contributed by atoms with van der Waals surface area (Å²) in [6.07, 6.45) is 7.09. The first kappa shape index (κ1) is 12.3. The van der Waals surface area contributed by atoms with Crippen LogP contribution in [0.3, 0.4) is 0 Å². The normalized spacial score (nSPS) is 18.6. The molecule has 0 spiro atoms. The molecule has 1 unspecified atom stereocenters. The molecule has 3 nitrogen and oxygen atoms in total. The van der Waals surface area contributed by atoms with E-state index in [4.69, 9.17) is 0 Å². The third-order valence-electron chi connectivity index (χ3n) is 3.26. The Morgan fingerprint density at radius 3 is 3.28 bits per heavy atom. The summed E-state index contributed by atoms with van der Waals surface area (Å²) >= 11 is 5.45. The van der Waals surface area contributed by atoms with Crippen LogP contribution in [-0.4, -0.2) is 9.97 Å². The zero-order valence-electron chi connectivity index (χ0n) is 9.90. The van der Waals surface area contributed by atoms with Crippen LogP contribution in [0.15, 0.2) is 28.4 Å². The lowest BCUT2D eigenvalue weighted by molar-refractivity contribution is 0.460. The Morgan fingerprint density at radius 2 is 2.44 bits per heavy atom. The van der Waals surface area contributed by atoms with Gasteiger partial charge in [0.25, 0.3) is 0 Å². The number of nitrogens with one attached hydrogen (secondary N) is 1. The van der Waals surface area contributed by atoms with E-state index in [-0.39, 0.29) is 0 Å². The number of hydrogen-bond donors (Lipinski definition) is 1. The van der Waals surface area contributed by atoms with Crippen LogP contribution in [0, 0.1) is 0 Å². The number of aromatic nitrogens is 2. The van der Waals surface area contributed by atoms with Crippen molar-refractivity contribution < 1.29 is 0 Å². The molecule has 2 heterocycles. The van der Waals surface area contributed by atoms with E-state index in [1.54, 1.807) is 12.5 Å². The van der Waals surface area contributed by atoms with Gasteiger partial charge in [-0.15, -0.1) is 11.3 Å². The minimum atomic E-state index is 0.464. The molecule has 1 aliphatic carbocycles. The molecule has 0 saturated carbocycles. The highest BCUT2D eigenvalue weighted by molar-refractivity contribution is 9.11. The predicted molar refractivity (Wildman–Crippen MR) is 76.6 cm³/mol. The summed E-state index contributed by atoms with van der Waals surface area (Å²) in [7, 11) is 0. The smallest absolute Gasteiger partial charge is 0.115 e. The van der Waals surface area contributed by atoms with Crippen LogP contribution >= 0.6 is 27.3 Å². The zero-order chi connectivity index (χ0) is 12.4. The number of nitrogens with zero attached hydrogens (tertiary/aromatic N) is 2. The fourth-order valence-electron chi connectivity index (χ4n) is 2.38. The maximum Gasteiger partial charge on any atom is 0.115 e. The average molecular weight is 324 g/mol. The van der Waals surface area contributed by atoms with Crippen LogP contribution in [0.1, 0.15) is 35.0 Å². The lowest BCUT2D eigenvalue weighted by Crippen LogP contribution is -2.24. The van der Waals surface area contributed by atoms with E-state index in [9.17, 15) is 0 Å². The average Bonchev–Trinajstić information content (AvgIpc) is 2.78. The first-order valence-electron chi connectivity index (χ1n) is 6.09. The molecule has 1 N–H and O–H groups in total. The molecule has 0 aliphatic heterocycles. The monoisotopic (exact) mass is 323 g/mol. The third-order valence-corrected chi connectivity index (χ3v) is 4.97. The summed E-state index contributed by atoms with van der Waals surface area (Å²) < 4.78 is 1.24. The van der Waals surface area contributed by atoms with E-state index in [2.05, 4.69) is 37.3 Å². The van der Waals surface area contributed by atoms with Crippen LogP contribution in [0.4, 0.5) is 0 Å². The number of aryl methyl sites for hydroxylation is 1. The molecule has 0 aromatic carbocycles. The summed E-state index contributed by atoms with van der Waals surface area (Å²) in [6, 6.07) is 4.68. The summed E-state index contributed by atoms with van der Waals surface area (Å²) in [6.45, 7) is 0.806. The molecular weight excluding hydrogens is 310 g/mol. The molecule has 2 aromatic rings. The van der Waals surface area contributed by atoms with Crippen molar-refractivity contribution in [3.05, 3.63) is 44.6 Å². The molecule has 94 valence electrons. The largest absolute Gasteiger partial charge is 0.304 e. The lowest BCUT2D eigenvalue weighted by Gasteiger charge is -2.23. The third kappa shape index (κ3) is 2.63. The quantitative estimate of drug-likeness (QED) is 0.939. The minimum absolute atomic E-state index is 0.464. The van der Waals surface area contributed by atoms with Crippen molar-refractivity contribution in [1.29, 1.82) is 0 Å². The van der Waals surface area contributed by atoms with Crippen molar-refractivity contribution >= 4 is 27.3 Å². The van der Waals surface area contributed by atoms with Crippen LogP contribution in [0.5, 0.6) is 0 Å². The van der Waals surface area contributed by atoms with Gasteiger partial charge in [0, 0.05) is 23.7 Å². The highest BCUT2D eigenvalue weighted by Gasteiger charge is 2.22. The molecule has 18 heavy (non-hydrogen) atoms. The van der Waals surface area contributed by atoms with Crippen LogP contribution in [0.25, 0.3) is 0 Å². The summed E-state index contributed by atoms with van der Waals surface area (Å²) in [5.74, 6) is 0. The summed E-state index contributed by atoms with van der Waals surface area (Å²) in [5, 5.41) is 3.60. The van der Waals surface area contributed by atoms with Gasteiger partial charge in [0.05, 0.1) is 9.48 Å². The van der Waals surface area contributed by atoms with Gasteiger partial charge in [0.1, 0.15) is 6.33 Å². The van der Waals surface area contributed by atoms with Crippen molar-refractivity contribution in [3.63, 3.8) is 0 Å². The topological polar surface area (TPSA) is 37.8 Å². The van der Waals surface area contributed by atoms with Crippen LogP contribution in [-0.2, 0) is 13.0 Å². The minimum Gasteiger partial charge on any atom is -0.304 e. The molecule has 5 heteroatoms. The van der Waals surface area contributed by atoms with Gasteiger partial charge in [-0.2, -0.15) is 0 Å². The maximum absolute atomic E-state index is 4.24. The van der Waals surface area contributed by atoms with Crippen molar-refractivity contribution in [3.8, 4) is 0 Å². The molecule has 0 bridgehead atoms. The van der Waals surface area contributed by atoms with Gasteiger partial charge in [-0.25, -0.2) is 9.97 Å². The van der Waals surface area contributed by atoms with Gasteiger partial charge in [-0.1, -0.05) is 0 Å². The maximum atomic E-state index is 4.24. The number of thiophene rings is 1. The second-order valence-corrected chi connectivity index (χ2v) is 6.97. The van der Waals surface area contributed by atoms with Gasteiger partial charge in [-0.05, 0) is 52.9 Å². The van der Waals surface area contributed by atoms with Crippen molar-refractivity contribution in [2.45, 2.75) is 31.8 Å². The van der Waals surface area contributed by atoms with Gasteiger partial charge in [-0.3, -0.25) is 0 Å². The second kappa shape index (κ2) is 5.47. The van der Waals surface area contributed by atoms with E-state index in [1.807, 2.05) is 17.4 Å². The number of halogens is 1. The standard InChI is InChI=1S/C13H14BrN3S/c14-13-6-10-11(2-1-3-12(10)18-13)16-7-9-4-5-15-8-17-9/h4-6,8,11,16H,1-3,7H2. The van der Waals surface area contributed by atoms with Gasteiger partial charge in [0.2, 0.25) is 0 Å². The predicted octanol–water partition coefficient (Wildman–Crippen LogP) is 3.47. The van der Waals surface area contributed by atoms with Gasteiger partial charge < -0.3 is 5.32 Å². The lowest BCUT2D eigenvalue weighted by atomic mass is 9.94. The Labute approximate surface area is 119 Å². The molecule has 0 amide bonds. The Kier molecular flexibility index (Phi) is 3.72. The number of hydrogen-bond acceptors (Lipinski definition) is 4. The van der Waals surface area contributed by atoms with E-state index < -0.39 is 0 Å². The number of fused-ring (bicyclic) bond motifs is 1. The number of rotatable bonds is 3. The van der Waals surface area contributed by atoms with Crippen LogP contribution in [0.2, 0.25) is 0 Å². The molecule has 1 atom stereocenters. The van der Waals surface area contributed by atoms with Crippen LogP contribution < -0.4 is 5.32 Å². The molecule has 0 radical (unpaired) electrons. The summed E-state index contributed by atoms with van der Waals surface area (Å²) in [5.41, 5.74) is 2.51. The van der Waals surface area contributed by atoms with Gasteiger partial charge >= 0.3 is 0 Å². The Morgan fingerprint density at radius 1 is 1.50 bits per heavy atom. The molecule has 2 aromatic heterocycles. The molecule has 3 rings (SSSR count). The SMILES string of the molecule is Brc1cc2c(s1)CCCC2NCc1ccncn1. The first-order valence-corrected chi connectivity index (χ1v) is 7.70. The Balaban J connectivity index is 1.71. The van der Waals surface area contributed by atoms with E-state index in [0.717, 1.165) is 12.2 Å². The highest BCUT2D eigenvalue weighted by atomic mass is 79.9. The molecule has 0 saturated heterocycles.